The van der Waals surface area contributed by atoms with Crippen LogP contribution < -0.4 is 2.89 Å². The molecule has 0 saturated carbocycles. The summed E-state index contributed by atoms with van der Waals surface area (Å²) in [6.45, 7) is 5.85. The summed E-state index contributed by atoms with van der Waals surface area (Å²) in [7, 11) is 0. The quantitative estimate of drug-likeness (QED) is 0.684. The van der Waals surface area contributed by atoms with E-state index in [1.54, 1.807) is 11.3 Å². The first kappa shape index (κ1) is 15.5. The molecule has 0 spiro atoms. The van der Waals surface area contributed by atoms with Gasteiger partial charge in [-0.1, -0.05) is 19.9 Å². The Hall–Kier alpha value is 0.119. The van der Waals surface area contributed by atoms with Gasteiger partial charge in [0.1, 0.15) is 0 Å². The van der Waals surface area contributed by atoms with Crippen LogP contribution in [0, 0.1) is 5.41 Å². The van der Waals surface area contributed by atoms with Crippen molar-refractivity contribution in [2.24, 2.45) is 5.41 Å². The summed E-state index contributed by atoms with van der Waals surface area (Å²) in [5, 5.41) is 4.15. The molecule has 0 amide bonds. The molecule has 3 rings (SSSR count). The van der Waals surface area contributed by atoms with E-state index in [0.717, 1.165) is 18.1 Å². The molecule has 0 aromatic carbocycles. The monoisotopic (exact) mass is 402 g/mol. The van der Waals surface area contributed by atoms with Crippen molar-refractivity contribution in [1.29, 1.82) is 0 Å². The Morgan fingerprint density at radius 3 is 2.16 bits per heavy atom. The Bertz CT molecular complexity index is 456. The second-order valence-electron chi connectivity index (χ2n) is 5.15. The third kappa shape index (κ3) is 5.19. The first-order chi connectivity index (χ1) is 9.07. The Kier molecular flexibility index (Phi) is 5.89. The van der Waals surface area contributed by atoms with Crippen LogP contribution in [0.1, 0.15) is 25.0 Å². The van der Waals surface area contributed by atoms with Gasteiger partial charge in [0.15, 0.2) is 6.29 Å². The minimum atomic E-state index is -0.131. The molecule has 1 aliphatic rings. The molecule has 0 atom stereocenters. The molecular weight excluding hydrogens is 383 g/mol. The molecule has 2 aromatic rings. The van der Waals surface area contributed by atoms with Crippen LogP contribution in [-0.2, 0) is 9.47 Å². The Morgan fingerprint density at radius 2 is 1.74 bits per heavy atom. The number of ether oxygens (including phenoxy) is 2. The summed E-state index contributed by atoms with van der Waals surface area (Å²) in [6, 6.07) is 8.32. The summed E-state index contributed by atoms with van der Waals surface area (Å²) < 4.78 is 12.8. The van der Waals surface area contributed by atoms with Gasteiger partial charge in [0.2, 0.25) is 0 Å². The van der Waals surface area contributed by atoms with Crippen molar-refractivity contribution in [3.63, 3.8) is 0 Å². The molecule has 0 bridgehead atoms. The molecule has 0 unspecified atom stereocenters. The molecule has 0 aliphatic carbocycles. The van der Waals surface area contributed by atoms with Gasteiger partial charge >= 0.3 is 54.3 Å². The van der Waals surface area contributed by atoms with E-state index in [-0.39, 0.29) is 11.7 Å². The zero-order chi connectivity index (χ0) is 13.7. The topological polar surface area (TPSA) is 18.5 Å². The van der Waals surface area contributed by atoms with Crippen LogP contribution in [0.2, 0.25) is 0 Å². The van der Waals surface area contributed by atoms with E-state index < -0.39 is 0 Å². The van der Waals surface area contributed by atoms with Crippen LogP contribution in [0.4, 0.5) is 0 Å². The van der Waals surface area contributed by atoms with Crippen molar-refractivity contribution in [3.05, 3.63) is 39.9 Å². The third-order valence-electron chi connectivity index (χ3n) is 2.57. The van der Waals surface area contributed by atoms with E-state index in [4.69, 9.17) is 9.47 Å². The molecule has 2 aromatic heterocycles. The van der Waals surface area contributed by atoms with Crippen molar-refractivity contribution in [3.8, 4) is 0 Å². The zero-order valence-electron chi connectivity index (χ0n) is 11.2. The zero-order valence-corrected chi connectivity index (χ0v) is 16.1. The molecular formula is C14H18O2S2Sn. The number of rotatable bonds is 1. The summed E-state index contributed by atoms with van der Waals surface area (Å²) in [4.78, 5) is 1.16. The number of hydrogen-bond donors (Lipinski definition) is 0. The van der Waals surface area contributed by atoms with E-state index in [0.29, 0.717) is 0 Å². The van der Waals surface area contributed by atoms with Gasteiger partial charge < -0.3 is 9.47 Å². The van der Waals surface area contributed by atoms with Gasteiger partial charge in [-0.15, -0.1) is 11.3 Å². The van der Waals surface area contributed by atoms with Crippen molar-refractivity contribution < 1.29 is 9.47 Å². The predicted octanol–water partition coefficient (Wildman–Crippen LogP) is 3.09. The van der Waals surface area contributed by atoms with E-state index in [9.17, 15) is 0 Å². The van der Waals surface area contributed by atoms with Crippen molar-refractivity contribution in [1.82, 2.24) is 0 Å². The van der Waals surface area contributed by atoms with Gasteiger partial charge in [0.25, 0.3) is 0 Å². The van der Waals surface area contributed by atoms with E-state index in [2.05, 4.69) is 31.4 Å². The molecule has 3 heterocycles. The van der Waals surface area contributed by atoms with Gasteiger partial charge in [-0.05, 0) is 11.4 Å². The van der Waals surface area contributed by atoms with Crippen molar-refractivity contribution in [2.45, 2.75) is 20.1 Å². The standard InChI is InChI=1S/C10H14O2S.C4H3S.Sn.H/c1-10(2)6-11-9(12-7-10)8-4-3-5-13-8;1-2-4-5-3-1;;/h3-5,9H,6-7H2,1-2H3;1-3H;;. The Balaban J connectivity index is 0.000000186. The molecule has 0 N–H and O–H groups in total. The maximum atomic E-state index is 5.63. The second kappa shape index (κ2) is 7.22. The van der Waals surface area contributed by atoms with E-state index in [1.165, 1.54) is 25.4 Å². The molecule has 2 radical (unpaired) electrons. The Morgan fingerprint density at radius 1 is 1.11 bits per heavy atom. The molecule has 1 saturated heterocycles. The molecule has 1 fully saturated rings. The van der Waals surface area contributed by atoms with E-state index in [1.807, 2.05) is 28.8 Å². The normalized spacial score (nSPS) is 18.7. The SMILES string of the molecule is CC1(C)COC(c2cccs2)OC1.[SnH][c]1cccs1. The molecule has 2 nitrogen and oxygen atoms in total. The first-order valence-electron chi connectivity index (χ1n) is 6.12. The van der Waals surface area contributed by atoms with Crippen LogP contribution in [0.5, 0.6) is 0 Å². The number of thiophene rings is 2. The van der Waals surface area contributed by atoms with Crippen molar-refractivity contribution >= 4 is 48.1 Å². The second-order valence-corrected chi connectivity index (χ2v) is 10.1. The van der Waals surface area contributed by atoms with Gasteiger partial charge in [0, 0.05) is 5.41 Å². The fourth-order valence-corrected chi connectivity index (χ4v) is 3.75. The van der Waals surface area contributed by atoms with Gasteiger partial charge in [-0.2, -0.15) is 0 Å². The van der Waals surface area contributed by atoms with Crippen LogP contribution in [-0.4, -0.2) is 35.7 Å². The average molecular weight is 401 g/mol. The third-order valence-corrected chi connectivity index (χ3v) is 5.88. The fourth-order valence-electron chi connectivity index (χ4n) is 1.57. The summed E-state index contributed by atoms with van der Waals surface area (Å²) in [5.74, 6) is 0. The molecule has 19 heavy (non-hydrogen) atoms. The fraction of sp³-hybridized carbons (Fsp3) is 0.429. The van der Waals surface area contributed by atoms with Gasteiger partial charge in [-0.3, -0.25) is 0 Å². The average Bonchev–Trinajstić information content (AvgIpc) is 3.02. The minimum absolute atomic E-state index is 0.131. The van der Waals surface area contributed by atoms with Gasteiger partial charge in [-0.25, -0.2) is 0 Å². The van der Waals surface area contributed by atoms with Crippen LogP contribution in [0.3, 0.4) is 0 Å². The molecule has 102 valence electrons. The summed E-state index contributed by atoms with van der Waals surface area (Å²) in [6.07, 6.45) is -0.131. The molecule has 5 heteroatoms. The van der Waals surface area contributed by atoms with Crippen LogP contribution in [0.15, 0.2) is 35.0 Å². The summed E-state index contributed by atoms with van der Waals surface area (Å²) >= 11 is 4.79. The molecule has 1 aliphatic heterocycles. The number of hydrogen-bond acceptors (Lipinski definition) is 4. The maximum absolute atomic E-state index is 5.63. The summed E-state index contributed by atoms with van der Waals surface area (Å²) in [5.41, 5.74) is 0.160. The van der Waals surface area contributed by atoms with Crippen LogP contribution in [0.25, 0.3) is 0 Å². The van der Waals surface area contributed by atoms with E-state index >= 15 is 0 Å². The van der Waals surface area contributed by atoms with Crippen LogP contribution >= 0.6 is 22.7 Å². The Labute approximate surface area is 135 Å². The van der Waals surface area contributed by atoms with Gasteiger partial charge in [0.05, 0.1) is 18.1 Å². The predicted molar refractivity (Wildman–Crippen MR) is 83.8 cm³/mol. The van der Waals surface area contributed by atoms with Crippen molar-refractivity contribution in [2.75, 3.05) is 13.2 Å². The first-order valence-corrected chi connectivity index (χ1v) is 9.53.